The van der Waals surface area contributed by atoms with E-state index in [1.807, 2.05) is 82.3 Å². The Labute approximate surface area is 236 Å². The van der Waals surface area contributed by atoms with Gasteiger partial charge in [0.05, 0.1) is 11.4 Å². The van der Waals surface area contributed by atoms with Gasteiger partial charge in [0.25, 0.3) is 0 Å². The number of benzene rings is 3. The number of nitrogens with zero attached hydrogens (tertiary/aromatic N) is 2. The van der Waals surface area contributed by atoms with Crippen molar-refractivity contribution in [3.63, 3.8) is 0 Å². The van der Waals surface area contributed by atoms with E-state index >= 15 is 0 Å². The Morgan fingerprint density at radius 1 is 0.897 bits per heavy atom. The number of carbonyl (C=O) groups excluding carboxylic acids is 2. The Kier molecular flexibility index (Phi) is 9.93. The highest BCUT2D eigenvalue weighted by Gasteiger charge is 2.34. The van der Waals surface area contributed by atoms with Gasteiger partial charge in [0.1, 0.15) is 6.04 Å². The second kappa shape index (κ2) is 12.8. The molecule has 0 bridgehead atoms. The summed E-state index contributed by atoms with van der Waals surface area (Å²) in [6.07, 6.45) is 0.272. The molecule has 7 nitrogen and oxygen atoms in total. The number of hydrogen-bond acceptors (Lipinski definition) is 4. The number of aryl methyl sites for hydroxylation is 1. The first kappa shape index (κ1) is 30.3. The molecule has 1 N–H and O–H groups in total. The molecule has 0 saturated carbocycles. The summed E-state index contributed by atoms with van der Waals surface area (Å²) in [5, 5.41) is 3.42. The number of sulfonamides is 1. The van der Waals surface area contributed by atoms with Crippen LogP contribution in [0.5, 0.6) is 0 Å². The van der Waals surface area contributed by atoms with E-state index in [2.05, 4.69) is 5.32 Å². The molecular formula is C30H36ClN3O4S. The third kappa shape index (κ3) is 8.65. The highest BCUT2D eigenvalue weighted by atomic mass is 35.5. The van der Waals surface area contributed by atoms with Gasteiger partial charge in [-0.2, -0.15) is 4.31 Å². The third-order valence-electron chi connectivity index (χ3n) is 6.12. The average molecular weight is 570 g/mol. The third-order valence-corrected chi connectivity index (χ3v) is 8.19. The lowest BCUT2D eigenvalue weighted by molar-refractivity contribution is -0.141. The van der Waals surface area contributed by atoms with E-state index in [-0.39, 0.29) is 23.8 Å². The van der Waals surface area contributed by atoms with E-state index in [1.54, 1.807) is 0 Å². The Hall–Kier alpha value is -3.20. The van der Waals surface area contributed by atoms with E-state index in [9.17, 15) is 18.0 Å². The number of nitrogens with one attached hydrogen (secondary N) is 1. The summed E-state index contributed by atoms with van der Waals surface area (Å²) in [6.45, 7) is 7.31. The molecule has 0 heterocycles. The fourth-order valence-electron chi connectivity index (χ4n) is 4.05. The summed E-state index contributed by atoms with van der Waals surface area (Å²) < 4.78 is 27.4. The molecule has 0 fully saturated rings. The van der Waals surface area contributed by atoms with Crippen LogP contribution in [0.4, 0.5) is 0 Å². The van der Waals surface area contributed by atoms with E-state index in [4.69, 9.17) is 11.6 Å². The van der Waals surface area contributed by atoms with Crippen molar-refractivity contribution in [2.45, 2.75) is 57.1 Å². The van der Waals surface area contributed by atoms with Crippen LogP contribution in [0.25, 0.3) is 0 Å². The molecule has 0 spiro atoms. The molecule has 208 valence electrons. The maximum absolute atomic E-state index is 13.9. The molecule has 0 aliphatic carbocycles. The minimum Gasteiger partial charge on any atom is -0.350 e. The summed E-state index contributed by atoms with van der Waals surface area (Å²) >= 11 is 5.92. The van der Waals surface area contributed by atoms with Gasteiger partial charge in [0.15, 0.2) is 0 Å². The minimum atomic E-state index is -3.97. The van der Waals surface area contributed by atoms with E-state index in [0.29, 0.717) is 5.02 Å². The second-order valence-electron chi connectivity index (χ2n) is 10.7. The average Bonchev–Trinajstić information content (AvgIpc) is 2.87. The molecule has 3 rings (SSSR count). The Morgan fingerprint density at radius 3 is 2.05 bits per heavy atom. The highest BCUT2D eigenvalue weighted by molar-refractivity contribution is 7.89. The minimum absolute atomic E-state index is 0.0265. The highest BCUT2D eigenvalue weighted by Crippen LogP contribution is 2.20. The van der Waals surface area contributed by atoms with Crippen LogP contribution in [-0.4, -0.2) is 54.6 Å². The molecule has 0 aliphatic rings. The van der Waals surface area contributed by atoms with Gasteiger partial charge in [0.2, 0.25) is 21.8 Å². The fraction of sp³-hybridized carbons (Fsp3) is 0.333. The van der Waals surface area contributed by atoms with Crippen molar-refractivity contribution in [1.29, 1.82) is 0 Å². The predicted molar refractivity (Wildman–Crippen MR) is 155 cm³/mol. The van der Waals surface area contributed by atoms with Gasteiger partial charge in [-0.25, -0.2) is 8.42 Å². The van der Waals surface area contributed by atoms with Crippen molar-refractivity contribution in [2.24, 2.45) is 0 Å². The summed E-state index contributed by atoms with van der Waals surface area (Å²) in [5.41, 5.74) is 2.25. The van der Waals surface area contributed by atoms with Crippen LogP contribution in [0.1, 0.15) is 37.5 Å². The molecule has 39 heavy (non-hydrogen) atoms. The number of likely N-dealkylation sites (N-methyl/N-ethyl adjacent to an activating group) is 1. The first-order valence-electron chi connectivity index (χ1n) is 12.7. The van der Waals surface area contributed by atoms with Crippen LogP contribution in [0, 0.1) is 6.92 Å². The van der Waals surface area contributed by atoms with E-state index in [0.717, 1.165) is 21.0 Å². The number of hydrogen-bond donors (Lipinski definition) is 1. The number of rotatable bonds is 10. The van der Waals surface area contributed by atoms with Crippen molar-refractivity contribution in [1.82, 2.24) is 14.5 Å². The van der Waals surface area contributed by atoms with E-state index in [1.165, 1.54) is 36.2 Å². The summed E-state index contributed by atoms with van der Waals surface area (Å²) in [5.74, 6) is -0.796. The summed E-state index contributed by atoms with van der Waals surface area (Å²) in [4.78, 5) is 29.0. The number of halogens is 1. The Balaban J connectivity index is 1.98. The maximum atomic E-state index is 13.9. The molecule has 0 unspecified atom stereocenters. The fourth-order valence-corrected chi connectivity index (χ4v) is 5.30. The zero-order valence-electron chi connectivity index (χ0n) is 23.0. The van der Waals surface area contributed by atoms with Crippen LogP contribution in [-0.2, 0) is 32.6 Å². The van der Waals surface area contributed by atoms with Crippen molar-refractivity contribution < 1.29 is 18.0 Å². The van der Waals surface area contributed by atoms with E-state index < -0.39 is 34.1 Å². The molecule has 2 amide bonds. The van der Waals surface area contributed by atoms with Crippen LogP contribution in [0.2, 0.25) is 5.02 Å². The molecule has 0 aromatic heterocycles. The van der Waals surface area contributed by atoms with Crippen LogP contribution >= 0.6 is 11.6 Å². The first-order chi connectivity index (χ1) is 18.3. The predicted octanol–water partition coefficient (Wildman–Crippen LogP) is 4.82. The SMILES string of the molecule is Cc1ccc(CN(C(=O)CN(C)S(=O)(=O)c2ccc(Cl)cc2)[C@@H](Cc2ccccc2)C(=O)NC(C)(C)C)cc1. The molecule has 3 aromatic carbocycles. The molecular weight excluding hydrogens is 534 g/mol. The molecule has 0 aliphatic heterocycles. The zero-order valence-corrected chi connectivity index (χ0v) is 24.6. The standard InChI is InChI=1S/C30H36ClN3O4S/c1-22-11-13-24(14-12-22)20-34(27(29(36)32-30(2,3)4)19-23-9-7-6-8-10-23)28(35)21-33(5)39(37,38)26-17-15-25(31)16-18-26/h6-18,27H,19-21H2,1-5H3,(H,32,36)/t27-/m0/s1. The topological polar surface area (TPSA) is 86.8 Å². The smallest absolute Gasteiger partial charge is 0.243 e. The van der Waals surface area contributed by atoms with Crippen LogP contribution in [0.15, 0.2) is 83.8 Å². The Morgan fingerprint density at radius 2 is 1.49 bits per heavy atom. The lowest BCUT2D eigenvalue weighted by atomic mass is 10.0. The number of carbonyl (C=O) groups is 2. The van der Waals surface area contributed by atoms with Gasteiger partial charge in [-0.05, 0) is 63.1 Å². The van der Waals surface area contributed by atoms with Crippen molar-refractivity contribution in [3.8, 4) is 0 Å². The maximum Gasteiger partial charge on any atom is 0.243 e. The molecule has 9 heteroatoms. The molecule has 0 radical (unpaired) electrons. The Bertz CT molecular complexity index is 1370. The lowest BCUT2D eigenvalue weighted by Crippen LogP contribution is -2.56. The molecule has 3 aromatic rings. The normalized spacial score (nSPS) is 12.7. The quantitative estimate of drug-likeness (QED) is 0.379. The monoisotopic (exact) mass is 569 g/mol. The van der Waals surface area contributed by atoms with Gasteiger partial charge in [-0.1, -0.05) is 71.8 Å². The second-order valence-corrected chi connectivity index (χ2v) is 13.1. The van der Waals surface area contributed by atoms with Gasteiger partial charge >= 0.3 is 0 Å². The summed E-state index contributed by atoms with van der Waals surface area (Å²) in [6, 6.07) is 22.1. The first-order valence-corrected chi connectivity index (χ1v) is 14.5. The van der Waals surface area contributed by atoms with Gasteiger partial charge in [-0.15, -0.1) is 0 Å². The van der Waals surface area contributed by atoms with Crippen LogP contribution < -0.4 is 5.32 Å². The largest absolute Gasteiger partial charge is 0.350 e. The summed E-state index contributed by atoms with van der Waals surface area (Å²) in [7, 11) is -2.62. The lowest BCUT2D eigenvalue weighted by Gasteiger charge is -2.34. The molecule has 1 atom stereocenters. The zero-order chi connectivity index (χ0) is 28.8. The van der Waals surface area contributed by atoms with Crippen molar-refractivity contribution in [2.75, 3.05) is 13.6 Å². The molecule has 0 saturated heterocycles. The van der Waals surface area contributed by atoms with Crippen LogP contribution in [0.3, 0.4) is 0 Å². The number of amides is 2. The van der Waals surface area contributed by atoms with Gasteiger partial charge in [-0.3, -0.25) is 9.59 Å². The van der Waals surface area contributed by atoms with Gasteiger partial charge < -0.3 is 10.2 Å². The van der Waals surface area contributed by atoms with Gasteiger partial charge in [0, 0.05) is 30.6 Å². The van der Waals surface area contributed by atoms with Crippen molar-refractivity contribution in [3.05, 3.63) is 101 Å². The van der Waals surface area contributed by atoms with Crippen molar-refractivity contribution >= 4 is 33.4 Å².